The number of carbonyl (C=O) groups is 1. The molecule has 2 atom stereocenters. The first kappa shape index (κ1) is 28.3. The van der Waals surface area contributed by atoms with Gasteiger partial charge in [-0.1, -0.05) is 54.6 Å². The normalized spacial score (nSPS) is 16.9. The van der Waals surface area contributed by atoms with Gasteiger partial charge in [-0.25, -0.2) is 4.79 Å². The number of benzene rings is 4. The Morgan fingerprint density at radius 1 is 0.927 bits per heavy atom. The molecule has 1 aliphatic heterocycles. The molecule has 0 radical (unpaired) electrons. The number of amides is 1. The molecule has 1 heterocycles. The van der Waals surface area contributed by atoms with Gasteiger partial charge >= 0.3 is 6.09 Å². The van der Waals surface area contributed by atoms with E-state index in [1.807, 2.05) is 78.9 Å². The Balaban J connectivity index is 1.35. The van der Waals surface area contributed by atoms with Crippen molar-refractivity contribution in [2.75, 3.05) is 33.4 Å². The molecule has 1 saturated heterocycles. The Morgan fingerprint density at radius 2 is 1.71 bits per heavy atom. The van der Waals surface area contributed by atoms with Gasteiger partial charge in [0.15, 0.2) is 0 Å². The molecule has 41 heavy (non-hydrogen) atoms. The minimum atomic E-state index is -0.942. The first-order valence-electron chi connectivity index (χ1n) is 13.7. The third-order valence-corrected chi connectivity index (χ3v) is 7.42. The van der Waals surface area contributed by atoms with Crippen molar-refractivity contribution in [2.45, 2.75) is 31.7 Å². The predicted octanol–water partition coefficient (Wildman–Crippen LogP) is 5.85. The van der Waals surface area contributed by atoms with Crippen molar-refractivity contribution >= 4 is 16.9 Å². The summed E-state index contributed by atoms with van der Waals surface area (Å²) in [7, 11) is 1.65. The summed E-state index contributed by atoms with van der Waals surface area (Å²) in [6.45, 7) is 1.58. The number of aliphatic hydroxyl groups excluding tert-OH is 1. The number of ether oxygens (including phenoxy) is 4. The van der Waals surface area contributed by atoms with E-state index in [0.717, 1.165) is 39.0 Å². The summed E-state index contributed by atoms with van der Waals surface area (Å²) in [5, 5.41) is 20.7. The van der Waals surface area contributed by atoms with Gasteiger partial charge in [0.1, 0.15) is 30.5 Å². The van der Waals surface area contributed by atoms with E-state index in [4.69, 9.17) is 24.1 Å². The van der Waals surface area contributed by atoms with E-state index in [-0.39, 0.29) is 31.8 Å². The molecule has 0 saturated carbocycles. The van der Waals surface area contributed by atoms with Crippen molar-refractivity contribution in [3.8, 4) is 17.2 Å². The molecule has 1 aliphatic rings. The second-order valence-corrected chi connectivity index (χ2v) is 10.0. The molecule has 1 amide bonds. The number of methoxy groups -OCH3 is 1. The minimum Gasteiger partial charge on any atom is -0.496 e. The maximum absolute atomic E-state index is 11.8. The molecule has 214 valence electrons. The summed E-state index contributed by atoms with van der Waals surface area (Å²) in [5.74, 6) is 2.23. The van der Waals surface area contributed by atoms with Crippen molar-refractivity contribution in [1.82, 2.24) is 4.90 Å². The molecule has 8 nitrogen and oxygen atoms in total. The summed E-state index contributed by atoms with van der Waals surface area (Å²) in [6.07, 6.45) is -0.616. The lowest BCUT2D eigenvalue weighted by Gasteiger charge is -2.37. The van der Waals surface area contributed by atoms with Crippen LogP contribution in [0.15, 0.2) is 84.9 Å². The minimum absolute atomic E-state index is 0.0271. The van der Waals surface area contributed by atoms with E-state index in [2.05, 4.69) is 6.07 Å². The van der Waals surface area contributed by atoms with Crippen molar-refractivity contribution in [3.05, 3.63) is 102 Å². The first-order valence-corrected chi connectivity index (χ1v) is 13.7. The highest BCUT2D eigenvalue weighted by atomic mass is 16.5. The van der Waals surface area contributed by atoms with Gasteiger partial charge in [-0.15, -0.1) is 0 Å². The zero-order valence-electron chi connectivity index (χ0n) is 23.1. The molecule has 5 rings (SSSR count). The summed E-state index contributed by atoms with van der Waals surface area (Å²) < 4.78 is 23.8. The monoisotopic (exact) mass is 557 g/mol. The smallest absolute Gasteiger partial charge is 0.407 e. The Hall–Kier alpha value is -4.27. The Kier molecular flexibility index (Phi) is 9.23. The number of fused-ring (bicyclic) bond motifs is 1. The van der Waals surface area contributed by atoms with Crippen LogP contribution in [0.3, 0.4) is 0 Å². The molecule has 4 aromatic rings. The van der Waals surface area contributed by atoms with Gasteiger partial charge in [0.05, 0.1) is 33.0 Å². The van der Waals surface area contributed by atoms with Crippen molar-refractivity contribution < 1.29 is 34.0 Å². The number of para-hydroxylation sites is 1. The second-order valence-electron chi connectivity index (χ2n) is 10.0. The molecular formula is C33H35NO7. The van der Waals surface area contributed by atoms with Crippen LogP contribution in [-0.2, 0) is 18.0 Å². The highest BCUT2D eigenvalue weighted by Crippen LogP contribution is 2.34. The molecule has 2 N–H and O–H groups in total. The van der Waals surface area contributed by atoms with Gasteiger partial charge < -0.3 is 34.1 Å². The third kappa shape index (κ3) is 6.90. The number of nitrogens with zero attached hydrogens (tertiary/aromatic N) is 1. The van der Waals surface area contributed by atoms with Crippen LogP contribution >= 0.6 is 0 Å². The van der Waals surface area contributed by atoms with Crippen LogP contribution in [0.5, 0.6) is 17.2 Å². The fourth-order valence-corrected chi connectivity index (χ4v) is 5.33. The summed E-state index contributed by atoms with van der Waals surface area (Å²) >= 11 is 0. The Morgan fingerprint density at radius 3 is 2.49 bits per heavy atom. The highest BCUT2D eigenvalue weighted by molar-refractivity contribution is 5.89. The maximum atomic E-state index is 11.8. The predicted molar refractivity (Wildman–Crippen MR) is 156 cm³/mol. The zero-order chi connectivity index (χ0) is 28.6. The van der Waals surface area contributed by atoms with Gasteiger partial charge in [0.25, 0.3) is 0 Å². The third-order valence-electron chi connectivity index (χ3n) is 7.42. The topological polar surface area (TPSA) is 97.7 Å². The standard InChI is InChI=1S/C33H35NO7/c1-38-30-9-5-3-7-26(30)22-41-31-19-23(18-25-6-2-4-8-28(25)31)21-40-32-20-34(33(36)37)15-14-29(32)24-10-12-27(13-11-24)39-17-16-35/h2-13,18-19,29,32,35H,14-17,20-22H2,1H3,(H,36,37). The second kappa shape index (κ2) is 13.4. The van der Waals surface area contributed by atoms with Gasteiger partial charge in [-0.3, -0.25) is 0 Å². The molecule has 2 unspecified atom stereocenters. The van der Waals surface area contributed by atoms with Crippen molar-refractivity contribution in [2.24, 2.45) is 0 Å². The van der Waals surface area contributed by atoms with E-state index in [9.17, 15) is 9.90 Å². The van der Waals surface area contributed by atoms with Gasteiger partial charge in [-0.2, -0.15) is 0 Å². The molecule has 0 bridgehead atoms. The fourth-order valence-electron chi connectivity index (χ4n) is 5.33. The summed E-state index contributed by atoms with van der Waals surface area (Å²) in [6, 6.07) is 27.7. The Labute approximate surface area is 239 Å². The van der Waals surface area contributed by atoms with Gasteiger partial charge in [0, 0.05) is 23.4 Å². The zero-order valence-corrected chi connectivity index (χ0v) is 23.1. The van der Waals surface area contributed by atoms with Crippen LogP contribution in [0, 0.1) is 0 Å². The highest BCUT2D eigenvalue weighted by Gasteiger charge is 2.33. The van der Waals surface area contributed by atoms with Crippen LogP contribution in [0.25, 0.3) is 10.8 Å². The Bertz CT molecular complexity index is 1460. The van der Waals surface area contributed by atoms with E-state index in [0.29, 0.717) is 31.9 Å². The largest absolute Gasteiger partial charge is 0.496 e. The van der Waals surface area contributed by atoms with Gasteiger partial charge in [-0.05, 0) is 53.3 Å². The lowest BCUT2D eigenvalue weighted by atomic mass is 9.87. The lowest BCUT2D eigenvalue weighted by Crippen LogP contribution is -2.46. The SMILES string of the molecule is COc1ccccc1COc1cc(COC2CN(C(=O)O)CCC2c2ccc(OCCO)cc2)cc2ccccc12. The molecular weight excluding hydrogens is 522 g/mol. The average molecular weight is 558 g/mol. The van der Waals surface area contributed by atoms with Crippen LogP contribution in [0.4, 0.5) is 4.79 Å². The number of hydrogen-bond acceptors (Lipinski definition) is 6. The maximum Gasteiger partial charge on any atom is 0.407 e. The molecule has 0 spiro atoms. The molecule has 8 heteroatoms. The summed E-state index contributed by atoms with van der Waals surface area (Å²) in [4.78, 5) is 13.2. The van der Waals surface area contributed by atoms with E-state index >= 15 is 0 Å². The fraction of sp³-hybridized carbons (Fsp3) is 0.303. The van der Waals surface area contributed by atoms with Crippen LogP contribution in [0.1, 0.15) is 29.0 Å². The quantitative estimate of drug-likeness (QED) is 0.239. The average Bonchev–Trinajstić information content (AvgIpc) is 3.01. The van der Waals surface area contributed by atoms with Crippen LogP contribution < -0.4 is 14.2 Å². The van der Waals surface area contributed by atoms with Crippen molar-refractivity contribution in [3.63, 3.8) is 0 Å². The van der Waals surface area contributed by atoms with E-state index in [1.54, 1.807) is 7.11 Å². The first-order chi connectivity index (χ1) is 20.1. The number of likely N-dealkylation sites (tertiary alicyclic amines) is 1. The van der Waals surface area contributed by atoms with Crippen LogP contribution in [-0.4, -0.2) is 60.7 Å². The molecule has 1 fully saturated rings. The number of piperidine rings is 1. The molecule has 4 aromatic carbocycles. The number of aliphatic hydroxyl groups is 1. The lowest BCUT2D eigenvalue weighted by molar-refractivity contribution is -0.0199. The number of carboxylic acid groups (broad SMARTS) is 1. The molecule has 0 aromatic heterocycles. The number of hydrogen-bond donors (Lipinski definition) is 2. The van der Waals surface area contributed by atoms with Crippen molar-refractivity contribution in [1.29, 1.82) is 0 Å². The van der Waals surface area contributed by atoms with E-state index < -0.39 is 6.09 Å². The molecule has 0 aliphatic carbocycles. The number of rotatable bonds is 11. The summed E-state index contributed by atoms with van der Waals surface area (Å²) in [5.41, 5.74) is 2.96. The van der Waals surface area contributed by atoms with Gasteiger partial charge in [0.2, 0.25) is 0 Å². The van der Waals surface area contributed by atoms with E-state index in [1.165, 1.54) is 4.90 Å². The van der Waals surface area contributed by atoms with Crippen LogP contribution in [0.2, 0.25) is 0 Å².